The number of nitro benzene ring substituents is 1. The first kappa shape index (κ1) is 13.2. The number of carbonyl (C=O) groups is 1. The molecule has 1 rings (SSSR count). The van der Waals surface area contributed by atoms with Gasteiger partial charge in [0.15, 0.2) is 6.10 Å². The molecular weight excluding hydrogens is 250 g/mol. The fourth-order valence-electron chi connectivity index (χ4n) is 1.15. The van der Waals surface area contributed by atoms with Crippen LogP contribution in [0.15, 0.2) is 18.2 Å². The Labute approximate surface area is 102 Å². The third-order valence-corrected chi connectivity index (χ3v) is 2.27. The third-order valence-electron chi connectivity index (χ3n) is 1.97. The number of methoxy groups -OCH3 is 1. The Hall–Kier alpha value is -1.82. The summed E-state index contributed by atoms with van der Waals surface area (Å²) >= 11 is 5.78. The molecule has 1 aromatic carbocycles. The molecular formula is C10H10ClNO5. The maximum Gasteiger partial charge on any atom is 0.346 e. The predicted octanol–water partition coefficient (Wildman–Crippen LogP) is 2.19. The summed E-state index contributed by atoms with van der Waals surface area (Å²) in [4.78, 5) is 21.3. The molecule has 1 atom stereocenters. The van der Waals surface area contributed by atoms with Crippen molar-refractivity contribution in [3.05, 3.63) is 33.3 Å². The summed E-state index contributed by atoms with van der Waals surface area (Å²) < 4.78 is 9.59. The van der Waals surface area contributed by atoms with Crippen LogP contribution in [0.5, 0.6) is 5.75 Å². The quantitative estimate of drug-likeness (QED) is 0.470. The van der Waals surface area contributed by atoms with Gasteiger partial charge in [0.1, 0.15) is 0 Å². The molecule has 0 N–H and O–H groups in total. The molecule has 0 aliphatic heterocycles. The van der Waals surface area contributed by atoms with Crippen LogP contribution in [-0.4, -0.2) is 24.1 Å². The van der Waals surface area contributed by atoms with E-state index in [1.54, 1.807) is 0 Å². The van der Waals surface area contributed by atoms with Crippen molar-refractivity contribution in [3.63, 3.8) is 0 Å². The van der Waals surface area contributed by atoms with E-state index < -0.39 is 17.0 Å². The summed E-state index contributed by atoms with van der Waals surface area (Å²) in [7, 11) is 1.20. The van der Waals surface area contributed by atoms with E-state index in [1.165, 1.54) is 32.2 Å². The first-order chi connectivity index (χ1) is 7.97. The fourth-order valence-corrected chi connectivity index (χ4v) is 1.36. The SMILES string of the molecule is COC(=O)[C@H](C)Oc1c(Cl)cccc1[N+](=O)[O-]. The van der Waals surface area contributed by atoms with Gasteiger partial charge in [0, 0.05) is 6.07 Å². The lowest BCUT2D eigenvalue weighted by Crippen LogP contribution is -2.25. The Kier molecular flexibility index (Phi) is 4.28. The minimum Gasteiger partial charge on any atom is -0.471 e. The van der Waals surface area contributed by atoms with Crippen molar-refractivity contribution in [1.82, 2.24) is 0 Å². The second kappa shape index (κ2) is 5.49. The highest BCUT2D eigenvalue weighted by Gasteiger charge is 2.23. The zero-order valence-corrected chi connectivity index (χ0v) is 9.93. The smallest absolute Gasteiger partial charge is 0.346 e. The number of hydrogen-bond acceptors (Lipinski definition) is 5. The molecule has 0 bridgehead atoms. The number of halogens is 1. The Morgan fingerprint density at radius 3 is 2.71 bits per heavy atom. The molecule has 92 valence electrons. The van der Waals surface area contributed by atoms with E-state index in [4.69, 9.17) is 16.3 Å². The molecule has 7 heteroatoms. The maximum atomic E-state index is 11.1. The van der Waals surface area contributed by atoms with Crippen LogP contribution in [0.3, 0.4) is 0 Å². The van der Waals surface area contributed by atoms with Gasteiger partial charge in [0.25, 0.3) is 0 Å². The Bertz CT molecular complexity index is 448. The Morgan fingerprint density at radius 1 is 1.53 bits per heavy atom. The lowest BCUT2D eigenvalue weighted by Gasteiger charge is -2.13. The highest BCUT2D eigenvalue weighted by Crippen LogP contribution is 2.35. The van der Waals surface area contributed by atoms with E-state index in [9.17, 15) is 14.9 Å². The van der Waals surface area contributed by atoms with Crippen LogP contribution in [-0.2, 0) is 9.53 Å². The summed E-state index contributed by atoms with van der Waals surface area (Å²) in [5, 5.41) is 10.8. The van der Waals surface area contributed by atoms with Gasteiger partial charge in [-0.3, -0.25) is 10.1 Å². The molecule has 6 nitrogen and oxygen atoms in total. The van der Waals surface area contributed by atoms with Gasteiger partial charge in [0.2, 0.25) is 5.75 Å². The normalized spacial score (nSPS) is 11.7. The molecule has 0 unspecified atom stereocenters. The summed E-state index contributed by atoms with van der Waals surface area (Å²) in [6.45, 7) is 1.42. The van der Waals surface area contributed by atoms with Crippen molar-refractivity contribution < 1.29 is 19.2 Å². The molecule has 0 saturated carbocycles. The van der Waals surface area contributed by atoms with E-state index in [0.29, 0.717) is 0 Å². The van der Waals surface area contributed by atoms with Gasteiger partial charge in [-0.05, 0) is 13.0 Å². The minimum atomic E-state index is -0.974. The van der Waals surface area contributed by atoms with Crippen molar-refractivity contribution >= 4 is 23.3 Å². The average molecular weight is 260 g/mol. The van der Waals surface area contributed by atoms with E-state index in [1.807, 2.05) is 0 Å². The molecule has 0 aliphatic rings. The molecule has 0 amide bonds. The molecule has 1 aromatic rings. The number of hydrogen-bond donors (Lipinski definition) is 0. The van der Waals surface area contributed by atoms with Crippen molar-refractivity contribution in [1.29, 1.82) is 0 Å². The molecule has 0 aliphatic carbocycles. The van der Waals surface area contributed by atoms with E-state index in [0.717, 1.165) is 0 Å². The van der Waals surface area contributed by atoms with Crippen LogP contribution >= 0.6 is 11.6 Å². The number of nitro groups is 1. The lowest BCUT2D eigenvalue weighted by molar-refractivity contribution is -0.386. The van der Waals surface area contributed by atoms with Crippen LogP contribution in [0.1, 0.15) is 6.92 Å². The van der Waals surface area contributed by atoms with Crippen LogP contribution in [0.25, 0.3) is 0 Å². The van der Waals surface area contributed by atoms with E-state index >= 15 is 0 Å². The van der Waals surface area contributed by atoms with E-state index in [2.05, 4.69) is 4.74 Å². The number of esters is 1. The standard InChI is InChI=1S/C10H10ClNO5/c1-6(10(13)16-2)17-9-7(11)4-3-5-8(9)12(14)15/h3-6H,1-2H3/t6-/m0/s1. The zero-order chi connectivity index (χ0) is 13.0. The molecule has 0 heterocycles. The minimum absolute atomic E-state index is 0.0648. The number of para-hydroxylation sites is 1. The highest BCUT2D eigenvalue weighted by atomic mass is 35.5. The predicted molar refractivity (Wildman–Crippen MR) is 60.2 cm³/mol. The number of nitrogens with zero attached hydrogens (tertiary/aromatic N) is 1. The zero-order valence-electron chi connectivity index (χ0n) is 9.18. The summed E-state index contributed by atoms with van der Waals surface area (Å²) in [6, 6.07) is 4.11. The van der Waals surface area contributed by atoms with Crippen LogP contribution in [0, 0.1) is 10.1 Å². The molecule has 0 aromatic heterocycles. The van der Waals surface area contributed by atoms with Gasteiger partial charge < -0.3 is 9.47 Å². The molecule has 0 spiro atoms. The number of ether oxygens (including phenoxy) is 2. The van der Waals surface area contributed by atoms with Gasteiger partial charge >= 0.3 is 11.7 Å². The molecule has 0 fully saturated rings. The summed E-state index contributed by atoms with van der Waals surface area (Å²) in [5.41, 5.74) is -0.298. The van der Waals surface area contributed by atoms with Crippen LogP contribution < -0.4 is 4.74 Å². The monoisotopic (exact) mass is 259 g/mol. The lowest BCUT2D eigenvalue weighted by atomic mass is 10.3. The number of rotatable bonds is 4. The summed E-state index contributed by atoms with van der Waals surface area (Å²) in [5.74, 6) is -0.781. The Morgan fingerprint density at radius 2 is 2.18 bits per heavy atom. The van der Waals surface area contributed by atoms with Gasteiger partial charge in [-0.2, -0.15) is 0 Å². The summed E-state index contributed by atoms with van der Waals surface area (Å²) in [6.07, 6.45) is -0.974. The van der Waals surface area contributed by atoms with Gasteiger partial charge in [0.05, 0.1) is 17.1 Å². The second-order valence-electron chi connectivity index (χ2n) is 3.13. The third kappa shape index (κ3) is 3.07. The number of benzene rings is 1. The van der Waals surface area contributed by atoms with Gasteiger partial charge in [-0.1, -0.05) is 17.7 Å². The maximum absolute atomic E-state index is 11.1. The van der Waals surface area contributed by atoms with Crippen molar-refractivity contribution in [2.75, 3.05) is 7.11 Å². The van der Waals surface area contributed by atoms with Gasteiger partial charge in [-0.25, -0.2) is 4.79 Å². The largest absolute Gasteiger partial charge is 0.471 e. The molecule has 17 heavy (non-hydrogen) atoms. The van der Waals surface area contributed by atoms with Gasteiger partial charge in [-0.15, -0.1) is 0 Å². The fraction of sp³-hybridized carbons (Fsp3) is 0.300. The van der Waals surface area contributed by atoms with E-state index in [-0.39, 0.29) is 16.5 Å². The first-order valence-electron chi connectivity index (χ1n) is 4.64. The van der Waals surface area contributed by atoms with Crippen molar-refractivity contribution in [2.45, 2.75) is 13.0 Å². The highest BCUT2D eigenvalue weighted by molar-refractivity contribution is 6.32. The van der Waals surface area contributed by atoms with Crippen molar-refractivity contribution in [2.24, 2.45) is 0 Å². The average Bonchev–Trinajstić information content (AvgIpc) is 2.30. The molecule has 0 radical (unpaired) electrons. The second-order valence-corrected chi connectivity index (χ2v) is 3.54. The van der Waals surface area contributed by atoms with Crippen LogP contribution in [0.4, 0.5) is 5.69 Å². The topological polar surface area (TPSA) is 78.7 Å². The first-order valence-corrected chi connectivity index (χ1v) is 5.02. The van der Waals surface area contributed by atoms with Crippen LogP contribution in [0.2, 0.25) is 5.02 Å². The Balaban J connectivity index is 3.05. The number of carbonyl (C=O) groups excluding carboxylic acids is 1. The molecule has 0 saturated heterocycles. The van der Waals surface area contributed by atoms with Crippen molar-refractivity contribution in [3.8, 4) is 5.75 Å².